The fourth-order valence-corrected chi connectivity index (χ4v) is 7.81. The molecule has 1 aromatic carbocycles. The van der Waals surface area contributed by atoms with E-state index in [1.165, 1.54) is 11.3 Å². The highest BCUT2D eigenvalue weighted by Crippen LogP contribution is 2.33. The summed E-state index contributed by atoms with van der Waals surface area (Å²) < 4.78 is 6.43. The summed E-state index contributed by atoms with van der Waals surface area (Å²) in [6, 6.07) is 8.83. The fraction of sp³-hybridized carbons (Fsp3) is 0.690. The number of rotatable bonds is 26. The predicted octanol–water partition coefficient (Wildman–Crippen LogP) is 7.97. The first-order valence-electron chi connectivity index (χ1n) is 19.9. The van der Waals surface area contributed by atoms with E-state index in [0.29, 0.717) is 31.0 Å². The SMILES string of the molecule is CCCO[C@H](C[C@H](C(C)C)N(CCC)C(=O)[C@@H](CC(=O)[C@@H](NC)[C@@H](C)CC)[C@@H](C)CC)c1nc(C(=O)N[C@@H](Cc2ccccc2)C[C@H](C)C(=O)O)cs1. The number of carbonyl (C=O) groups is 4. The summed E-state index contributed by atoms with van der Waals surface area (Å²) in [6.45, 7) is 19.4. The van der Waals surface area contributed by atoms with E-state index in [0.717, 1.165) is 31.2 Å². The number of thiazole rings is 1. The van der Waals surface area contributed by atoms with Crippen LogP contribution in [0, 0.1) is 29.6 Å². The molecule has 3 N–H and O–H groups in total. The zero-order valence-corrected chi connectivity index (χ0v) is 34.8. The Morgan fingerprint density at radius 2 is 1.58 bits per heavy atom. The van der Waals surface area contributed by atoms with Gasteiger partial charge in [-0.3, -0.25) is 19.2 Å². The van der Waals surface area contributed by atoms with Crippen molar-refractivity contribution in [2.24, 2.45) is 29.6 Å². The monoisotopic (exact) mass is 756 g/mol. The first-order valence-corrected chi connectivity index (χ1v) is 20.7. The number of ether oxygens (including phenoxy) is 1. The standard InChI is InChI=1S/C42H68N4O6S/c1-11-20-46(41(49)33(28(7)13-3)24-36(47)38(43-10)29(8)14-4)35(27(5)6)25-37(52-21-12-2)40-45-34(26-53-40)39(48)44-32(22-30(9)42(50)51)23-31-18-16-15-17-19-31/h15-19,26-30,32-33,35,37-38,43H,11-14,20-25H2,1-10H3,(H,44,48)(H,50,51)/t28-,29-,30-,32+,33-,35+,37+,38-/m0/s1. The lowest BCUT2D eigenvalue weighted by Gasteiger charge is -2.39. The summed E-state index contributed by atoms with van der Waals surface area (Å²) >= 11 is 1.36. The van der Waals surface area contributed by atoms with Crippen molar-refractivity contribution < 1.29 is 29.0 Å². The second-order valence-electron chi connectivity index (χ2n) is 15.2. The van der Waals surface area contributed by atoms with Gasteiger partial charge < -0.3 is 25.4 Å². The van der Waals surface area contributed by atoms with Crippen LogP contribution in [0.4, 0.5) is 0 Å². The second-order valence-corrected chi connectivity index (χ2v) is 16.0. The molecule has 2 rings (SSSR count). The minimum Gasteiger partial charge on any atom is -0.481 e. The topological polar surface area (TPSA) is 138 Å². The van der Waals surface area contributed by atoms with Gasteiger partial charge in [-0.1, -0.05) is 105 Å². The second kappa shape index (κ2) is 23.6. The van der Waals surface area contributed by atoms with Crippen molar-refractivity contribution in [3.8, 4) is 0 Å². The number of carboxylic acid groups (broad SMARTS) is 1. The number of carbonyl (C=O) groups excluding carboxylic acids is 3. The molecule has 53 heavy (non-hydrogen) atoms. The number of carboxylic acids is 1. The molecule has 0 radical (unpaired) electrons. The number of amides is 2. The lowest BCUT2D eigenvalue weighted by molar-refractivity contribution is -0.144. The number of ketones is 1. The smallest absolute Gasteiger partial charge is 0.306 e. The average molecular weight is 757 g/mol. The number of aliphatic carboxylic acids is 1. The Balaban J connectivity index is 2.40. The van der Waals surface area contributed by atoms with E-state index in [2.05, 4.69) is 59.1 Å². The zero-order chi connectivity index (χ0) is 39.7. The van der Waals surface area contributed by atoms with Crippen LogP contribution >= 0.6 is 11.3 Å². The van der Waals surface area contributed by atoms with E-state index in [9.17, 15) is 24.3 Å². The van der Waals surface area contributed by atoms with Gasteiger partial charge in [0.1, 0.15) is 16.8 Å². The summed E-state index contributed by atoms with van der Waals surface area (Å²) in [4.78, 5) is 60.4. The van der Waals surface area contributed by atoms with Gasteiger partial charge in [0.05, 0.1) is 12.0 Å². The molecule has 2 amide bonds. The Labute approximate surface area is 323 Å². The largest absolute Gasteiger partial charge is 0.481 e. The van der Waals surface area contributed by atoms with Crippen LogP contribution in [-0.4, -0.2) is 76.9 Å². The number of Topliss-reactive ketones (excluding diaryl/α,β-unsaturated/α-hetero) is 1. The Morgan fingerprint density at radius 3 is 2.13 bits per heavy atom. The van der Waals surface area contributed by atoms with Crippen LogP contribution in [-0.2, 0) is 25.5 Å². The molecular weight excluding hydrogens is 689 g/mol. The minimum absolute atomic E-state index is 0.0146. The van der Waals surface area contributed by atoms with Gasteiger partial charge in [0.25, 0.3) is 5.91 Å². The van der Waals surface area contributed by atoms with E-state index >= 15 is 0 Å². The van der Waals surface area contributed by atoms with E-state index in [-0.39, 0.29) is 66.0 Å². The molecule has 298 valence electrons. The quantitative estimate of drug-likeness (QED) is 0.0879. The molecule has 0 aliphatic heterocycles. The third kappa shape index (κ3) is 14.2. The van der Waals surface area contributed by atoms with Crippen LogP contribution in [0.1, 0.15) is 134 Å². The molecule has 0 fully saturated rings. The number of hydrogen-bond acceptors (Lipinski definition) is 8. The maximum Gasteiger partial charge on any atom is 0.306 e. The van der Waals surface area contributed by atoms with E-state index in [1.807, 2.05) is 49.2 Å². The number of nitrogens with zero attached hydrogens (tertiary/aromatic N) is 2. The molecule has 8 atom stereocenters. The highest BCUT2D eigenvalue weighted by molar-refractivity contribution is 7.09. The van der Waals surface area contributed by atoms with Crippen molar-refractivity contribution >= 4 is 34.9 Å². The van der Waals surface area contributed by atoms with Gasteiger partial charge in [-0.05, 0) is 56.0 Å². The Bertz CT molecular complexity index is 1400. The summed E-state index contributed by atoms with van der Waals surface area (Å²) in [5.74, 6) is -1.94. The predicted molar refractivity (Wildman–Crippen MR) is 214 cm³/mol. The zero-order valence-electron chi connectivity index (χ0n) is 34.0. The molecule has 1 heterocycles. The van der Waals surface area contributed by atoms with Crippen molar-refractivity contribution in [1.82, 2.24) is 20.5 Å². The van der Waals surface area contributed by atoms with E-state index in [1.54, 1.807) is 12.3 Å². The molecule has 0 aliphatic rings. The maximum atomic E-state index is 14.7. The van der Waals surface area contributed by atoms with Crippen LogP contribution in [0.15, 0.2) is 35.7 Å². The van der Waals surface area contributed by atoms with Gasteiger partial charge in [0.2, 0.25) is 5.91 Å². The molecule has 0 saturated heterocycles. The molecule has 1 aromatic heterocycles. The molecule has 0 spiro atoms. The normalized spacial score (nSPS) is 16.2. The molecule has 0 saturated carbocycles. The Kier molecular flexibility index (Phi) is 20.5. The number of benzene rings is 1. The minimum atomic E-state index is -0.908. The molecule has 0 unspecified atom stereocenters. The van der Waals surface area contributed by atoms with Crippen molar-refractivity contribution in [2.75, 3.05) is 20.2 Å². The Hall–Kier alpha value is -3.15. The number of aromatic nitrogens is 1. The summed E-state index contributed by atoms with van der Waals surface area (Å²) in [5.41, 5.74) is 1.26. The summed E-state index contributed by atoms with van der Waals surface area (Å²) in [5, 5.41) is 18.2. The third-order valence-corrected chi connectivity index (χ3v) is 11.5. The van der Waals surface area contributed by atoms with Gasteiger partial charge >= 0.3 is 5.97 Å². The third-order valence-electron chi connectivity index (χ3n) is 10.6. The fourth-order valence-electron chi connectivity index (χ4n) is 6.95. The van der Waals surface area contributed by atoms with Crippen molar-refractivity contribution in [2.45, 2.75) is 138 Å². The van der Waals surface area contributed by atoms with Crippen LogP contribution in [0.3, 0.4) is 0 Å². The first kappa shape index (κ1) is 46.0. The van der Waals surface area contributed by atoms with Crippen LogP contribution in [0.2, 0.25) is 0 Å². The number of nitrogens with one attached hydrogen (secondary N) is 2. The van der Waals surface area contributed by atoms with E-state index < -0.39 is 30.0 Å². The van der Waals surface area contributed by atoms with Gasteiger partial charge in [-0.2, -0.15) is 0 Å². The van der Waals surface area contributed by atoms with Crippen LogP contribution in [0.25, 0.3) is 0 Å². The van der Waals surface area contributed by atoms with Crippen LogP contribution < -0.4 is 10.6 Å². The van der Waals surface area contributed by atoms with Gasteiger partial charge in [-0.25, -0.2) is 4.98 Å². The molecule has 0 bridgehead atoms. The highest BCUT2D eigenvalue weighted by atomic mass is 32.1. The van der Waals surface area contributed by atoms with Gasteiger partial charge in [0, 0.05) is 49.4 Å². The summed E-state index contributed by atoms with van der Waals surface area (Å²) in [6.07, 6.45) is 4.25. The molecule has 2 aromatic rings. The lowest BCUT2D eigenvalue weighted by atomic mass is 9.82. The molecule has 10 nitrogen and oxygen atoms in total. The number of likely N-dealkylation sites (N-methyl/N-ethyl adjacent to an activating group) is 1. The van der Waals surface area contributed by atoms with Gasteiger partial charge in [-0.15, -0.1) is 11.3 Å². The summed E-state index contributed by atoms with van der Waals surface area (Å²) in [7, 11) is 1.82. The van der Waals surface area contributed by atoms with E-state index in [4.69, 9.17) is 9.72 Å². The first-order chi connectivity index (χ1) is 25.2. The maximum absolute atomic E-state index is 14.7. The highest BCUT2D eigenvalue weighted by Gasteiger charge is 2.38. The van der Waals surface area contributed by atoms with Crippen molar-refractivity contribution in [3.63, 3.8) is 0 Å². The average Bonchev–Trinajstić information content (AvgIpc) is 3.63. The lowest BCUT2D eigenvalue weighted by Crippen LogP contribution is -2.50. The molecular formula is C42H68N4O6S. The van der Waals surface area contributed by atoms with Crippen molar-refractivity contribution in [1.29, 1.82) is 0 Å². The van der Waals surface area contributed by atoms with Crippen molar-refractivity contribution in [3.05, 3.63) is 52.0 Å². The molecule has 0 aliphatic carbocycles. The molecule has 11 heteroatoms. The Morgan fingerprint density at radius 1 is 0.925 bits per heavy atom. The van der Waals surface area contributed by atoms with Crippen LogP contribution in [0.5, 0.6) is 0 Å². The van der Waals surface area contributed by atoms with Gasteiger partial charge in [0.15, 0.2) is 5.78 Å². The number of hydrogen-bond donors (Lipinski definition) is 3.